The van der Waals surface area contributed by atoms with Gasteiger partial charge in [-0.25, -0.2) is 0 Å². The standard InChI is InChI=1S/C19H32N2/c1-3-5-17-11-14-21(15-12-17)16-19-8-6-18(7-9-19)10-13-20-4-2/h6-9,17,20H,3-5,10-16H2,1-2H3. The van der Waals surface area contributed by atoms with Crippen LogP contribution in [0.2, 0.25) is 0 Å². The van der Waals surface area contributed by atoms with E-state index in [2.05, 4.69) is 48.3 Å². The highest BCUT2D eigenvalue weighted by Crippen LogP contribution is 2.22. The molecule has 2 heteroatoms. The highest BCUT2D eigenvalue weighted by atomic mass is 15.1. The molecule has 118 valence electrons. The van der Waals surface area contributed by atoms with Gasteiger partial charge < -0.3 is 5.32 Å². The fourth-order valence-corrected chi connectivity index (χ4v) is 3.32. The van der Waals surface area contributed by atoms with Crippen LogP contribution in [0, 0.1) is 5.92 Å². The van der Waals surface area contributed by atoms with Crippen LogP contribution in [0.5, 0.6) is 0 Å². The number of likely N-dealkylation sites (tertiary alicyclic amines) is 1. The predicted octanol–water partition coefficient (Wildman–Crippen LogP) is 3.85. The molecule has 2 nitrogen and oxygen atoms in total. The average molecular weight is 288 g/mol. The molecule has 1 aromatic carbocycles. The highest BCUT2D eigenvalue weighted by Gasteiger charge is 2.18. The molecular weight excluding hydrogens is 256 g/mol. The molecule has 1 aromatic rings. The Labute approximate surface area is 130 Å². The van der Waals surface area contributed by atoms with Crippen molar-refractivity contribution in [2.24, 2.45) is 5.92 Å². The molecule has 21 heavy (non-hydrogen) atoms. The van der Waals surface area contributed by atoms with Gasteiger partial charge in [0.25, 0.3) is 0 Å². The first-order chi connectivity index (χ1) is 10.3. The number of hydrogen-bond donors (Lipinski definition) is 1. The average Bonchev–Trinajstić information content (AvgIpc) is 2.51. The number of nitrogens with one attached hydrogen (secondary N) is 1. The predicted molar refractivity (Wildman–Crippen MR) is 91.6 cm³/mol. The molecule has 0 amide bonds. The normalized spacial score (nSPS) is 17.2. The van der Waals surface area contributed by atoms with Gasteiger partial charge in [0.05, 0.1) is 0 Å². The van der Waals surface area contributed by atoms with Gasteiger partial charge in [-0.15, -0.1) is 0 Å². The van der Waals surface area contributed by atoms with E-state index in [1.54, 1.807) is 0 Å². The topological polar surface area (TPSA) is 15.3 Å². The number of benzene rings is 1. The Kier molecular flexibility index (Phi) is 7.25. The Balaban J connectivity index is 1.73. The summed E-state index contributed by atoms with van der Waals surface area (Å²) < 4.78 is 0. The van der Waals surface area contributed by atoms with Crippen molar-refractivity contribution in [3.05, 3.63) is 35.4 Å². The van der Waals surface area contributed by atoms with Gasteiger partial charge in [0.15, 0.2) is 0 Å². The molecule has 0 bridgehead atoms. The van der Waals surface area contributed by atoms with Crippen molar-refractivity contribution < 1.29 is 0 Å². The van der Waals surface area contributed by atoms with Crippen LogP contribution in [-0.2, 0) is 13.0 Å². The van der Waals surface area contributed by atoms with Gasteiger partial charge in [0.2, 0.25) is 0 Å². The van der Waals surface area contributed by atoms with Gasteiger partial charge in [-0.1, -0.05) is 51.0 Å². The number of hydrogen-bond acceptors (Lipinski definition) is 2. The zero-order chi connectivity index (χ0) is 14.9. The van der Waals surface area contributed by atoms with Crippen molar-refractivity contribution in [2.45, 2.75) is 52.5 Å². The number of likely N-dealkylation sites (N-methyl/N-ethyl adjacent to an activating group) is 1. The van der Waals surface area contributed by atoms with Gasteiger partial charge in [-0.05, 0) is 62.5 Å². The molecule has 0 radical (unpaired) electrons. The second-order valence-corrected chi connectivity index (χ2v) is 6.43. The van der Waals surface area contributed by atoms with E-state index in [0.29, 0.717) is 0 Å². The molecule has 0 atom stereocenters. The molecule has 1 fully saturated rings. The minimum absolute atomic E-state index is 0.986. The van der Waals surface area contributed by atoms with Crippen LogP contribution in [0.4, 0.5) is 0 Å². The van der Waals surface area contributed by atoms with E-state index in [1.807, 2.05) is 0 Å². The Morgan fingerprint density at radius 3 is 2.33 bits per heavy atom. The first kappa shape index (κ1) is 16.5. The molecular formula is C19H32N2. The van der Waals surface area contributed by atoms with Crippen molar-refractivity contribution in [1.82, 2.24) is 10.2 Å². The number of rotatable bonds is 8. The third-order valence-electron chi connectivity index (χ3n) is 4.67. The molecule has 0 unspecified atom stereocenters. The van der Waals surface area contributed by atoms with Crippen molar-refractivity contribution in [1.29, 1.82) is 0 Å². The molecule has 1 saturated heterocycles. The van der Waals surface area contributed by atoms with Crippen molar-refractivity contribution >= 4 is 0 Å². The van der Waals surface area contributed by atoms with Crippen molar-refractivity contribution in [3.8, 4) is 0 Å². The van der Waals surface area contributed by atoms with Crippen LogP contribution in [0.25, 0.3) is 0 Å². The third-order valence-corrected chi connectivity index (χ3v) is 4.67. The van der Waals surface area contributed by atoms with Gasteiger partial charge in [-0.2, -0.15) is 0 Å². The Bertz CT molecular complexity index is 377. The Morgan fingerprint density at radius 2 is 1.71 bits per heavy atom. The van der Waals surface area contributed by atoms with Crippen LogP contribution in [-0.4, -0.2) is 31.1 Å². The molecule has 0 saturated carbocycles. The molecule has 0 spiro atoms. The first-order valence-electron chi connectivity index (χ1n) is 8.82. The summed E-state index contributed by atoms with van der Waals surface area (Å²) in [6, 6.07) is 9.24. The second-order valence-electron chi connectivity index (χ2n) is 6.43. The lowest BCUT2D eigenvalue weighted by atomic mass is 9.92. The maximum atomic E-state index is 3.38. The summed E-state index contributed by atoms with van der Waals surface area (Å²) in [7, 11) is 0. The summed E-state index contributed by atoms with van der Waals surface area (Å²) in [5, 5.41) is 3.38. The van der Waals surface area contributed by atoms with Crippen molar-refractivity contribution in [3.63, 3.8) is 0 Å². The van der Waals surface area contributed by atoms with E-state index >= 15 is 0 Å². The minimum atomic E-state index is 0.986. The molecule has 1 heterocycles. The van der Waals surface area contributed by atoms with E-state index in [9.17, 15) is 0 Å². The lowest BCUT2D eigenvalue weighted by Gasteiger charge is -2.31. The monoisotopic (exact) mass is 288 g/mol. The van der Waals surface area contributed by atoms with E-state index < -0.39 is 0 Å². The van der Waals surface area contributed by atoms with Gasteiger partial charge in [0, 0.05) is 6.54 Å². The molecule has 1 aliphatic rings. The summed E-state index contributed by atoms with van der Waals surface area (Å²) in [4.78, 5) is 2.62. The zero-order valence-electron chi connectivity index (χ0n) is 13.9. The van der Waals surface area contributed by atoms with E-state index in [-0.39, 0.29) is 0 Å². The van der Waals surface area contributed by atoms with Crippen LogP contribution in [0.15, 0.2) is 24.3 Å². The molecule has 1 N–H and O–H groups in total. The van der Waals surface area contributed by atoms with Crippen LogP contribution < -0.4 is 5.32 Å². The first-order valence-corrected chi connectivity index (χ1v) is 8.82. The van der Waals surface area contributed by atoms with Crippen LogP contribution in [0.3, 0.4) is 0 Å². The summed E-state index contributed by atoms with van der Waals surface area (Å²) in [5.74, 6) is 0.986. The van der Waals surface area contributed by atoms with Crippen molar-refractivity contribution in [2.75, 3.05) is 26.2 Å². The fourth-order valence-electron chi connectivity index (χ4n) is 3.32. The maximum absolute atomic E-state index is 3.38. The largest absolute Gasteiger partial charge is 0.317 e. The molecule has 0 aromatic heterocycles. The zero-order valence-corrected chi connectivity index (χ0v) is 13.9. The van der Waals surface area contributed by atoms with Gasteiger partial charge >= 0.3 is 0 Å². The van der Waals surface area contributed by atoms with E-state index in [0.717, 1.165) is 32.0 Å². The Morgan fingerprint density at radius 1 is 1.05 bits per heavy atom. The van der Waals surface area contributed by atoms with E-state index in [4.69, 9.17) is 0 Å². The van der Waals surface area contributed by atoms with Crippen LogP contribution in [0.1, 0.15) is 50.7 Å². The van der Waals surface area contributed by atoms with Gasteiger partial charge in [-0.3, -0.25) is 4.90 Å². The Hall–Kier alpha value is -0.860. The summed E-state index contributed by atoms with van der Waals surface area (Å²) in [5.41, 5.74) is 2.91. The summed E-state index contributed by atoms with van der Waals surface area (Å²) in [6.45, 7) is 10.3. The molecule has 1 aliphatic heterocycles. The summed E-state index contributed by atoms with van der Waals surface area (Å²) >= 11 is 0. The lowest BCUT2D eigenvalue weighted by molar-refractivity contribution is 0.172. The second kappa shape index (κ2) is 9.22. The lowest BCUT2D eigenvalue weighted by Crippen LogP contribution is -2.33. The number of nitrogens with zero attached hydrogens (tertiary/aromatic N) is 1. The quantitative estimate of drug-likeness (QED) is 0.731. The SMILES string of the molecule is CCCC1CCN(Cc2ccc(CCNCC)cc2)CC1. The third kappa shape index (κ3) is 5.80. The van der Waals surface area contributed by atoms with E-state index in [1.165, 1.54) is 49.9 Å². The smallest absolute Gasteiger partial charge is 0.0233 e. The van der Waals surface area contributed by atoms with Gasteiger partial charge in [0.1, 0.15) is 0 Å². The number of piperidine rings is 1. The molecule has 0 aliphatic carbocycles. The fraction of sp³-hybridized carbons (Fsp3) is 0.684. The highest BCUT2D eigenvalue weighted by molar-refractivity contribution is 5.22. The maximum Gasteiger partial charge on any atom is 0.0233 e. The minimum Gasteiger partial charge on any atom is -0.317 e. The molecule has 2 rings (SSSR count). The summed E-state index contributed by atoms with van der Waals surface area (Å²) in [6.07, 6.45) is 6.70. The van der Waals surface area contributed by atoms with Crippen LogP contribution >= 0.6 is 0 Å².